The van der Waals surface area contributed by atoms with Crippen molar-refractivity contribution in [1.29, 1.82) is 0 Å². The quantitative estimate of drug-likeness (QED) is 0.472. The number of nitrogens with zero attached hydrogens (tertiary/aromatic N) is 3. The molecular formula is C23H24F3N3. The molecule has 0 radical (unpaired) electrons. The van der Waals surface area contributed by atoms with E-state index in [1.54, 1.807) is 29.7 Å². The van der Waals surface area contributed by atoms with E-state index in [1.165, 1.54) is 5.56 Å². The number of benzene rings is 1. The summed E-state index contributed by atoms with van der Waals surface area (Å²) in [4.78, 5) is 6.01. The van der Waals surface area contributed by atoms with E-state index in [0.29, 0.717) is 11.6 Å². The summed E-state index contributed by atoms with van der Waals surface area (Å²) in [6, 6.07) is 9.77. The molecular weight excluding hydrogens is 375 g/mol. The third-order valence-corrected chi connectivity index (χ3v) is 6.57. The first-order valence-corrected chi connectivity index (χ1v) is 10.2. The zero-order chi connectivity index (χ0) is 20.5. The van der Waals surface area contributed by atoms with Crippen molar-refractivity contribution in [2.75, 3.05) is 4.90 Å². The van der Waals surface area contributed by atoms with Crippen molar-refractivity contribution >= 4 is 17.2 Å². The lowest BCUT2D eigenvalue weighted by atomic mass is 9.77. The third-order valence-electron chi connectivity index (χ3n) is 6.57. The zero-order valence-electron chi connectivity index (χ0n) is 16.8. The van der Waals surface area contributed by atoms with Crippen molar-refractivity contribution in [3.05, 3.63) is 58.9 Å². The summed E-state index contributed by atoms with van der Waals surface area (Å²) < 4.78 is 43.9. The molecule has 2 aromatic heterocycles. The van der Waals surface area contributed by atoms with E-state index in [1.807, 2.05) is 24.0 Å². The van der Waals surface area contributed by atoms with Gasteiger partial charge in [0.1, 0.15) is 5.65 Å². The van der Waals surface area contributed by atoms with Crippen molar-refractivity contribution < 1.29 is 13.2 Å². The lowest BCUT2D eigenvalue weighted by Gasteiger charge is -2.36. The summed E-state index contributed by atoms with van der Waals surface area (Å²) in [6.07, 6.45) is 0.109. The fraction of sp³-hybridized carbons (Fsp3) is 0.435. The van der Waals surface area contributed by atoms with Crippen LogP contribution in [0.15, 0.2) is 36.5 Å². The molecule has 29 heavy (non-hydrogen) atoms. The summed E-state index contributed by atoms with van der Waals surface area (Å²) >= 11 is 0. The summed E-state index contributed by atoms with van der Waals surface area (Å²) in [5, 5.41) is 0. The molecule has 0 bridgehead atoms. The molecule has 3 nitrogen and oxygen atoms in total. The molecule has 0 N–H and O–H groups in total. The topological polar surface area (TPSA) is 20.5 Å². The van der Waals surface area contributed by atoms with Gasteiger partial charge in [-0.3, -0.25) is 4.40 Å². The Morgan fingerprint density at radius 1 is 1.10 bits per heavy atom. The van der Waals surface area contributed by atoms with Gasteiger partial charge in [0.2, 0.25) is 0 Å². The van der Waals surface area contributed by atoms with Gasteiger partial charge in [0.05, 0.1) is 0 Å². The molecule has 0 saturated heterocycles. The van der Waals surface area contributed by atoms with E-state index < -0.39 is 11.9 Å². The molecule has 0 spiro atoms. The van der Waals surface area contributed by atoms with E-state index >= 15 is 0 Å². The Morgan fingerprint density at radius 3 is 2.66 bits per heavy atom. The molecule has 3 unspecified atom stereocenters. The second kappa shape index (κ2) is 6.25. The number of imidazole rings is 1. The van der Waals surface area contributed by atoms with Gasteiger partial charge in [0.15, 0.2) is 11.5 Å². The fourth-order valence-electron chi connectivity index (χ4n) is 5.26. The molecule has 6 heteroatoms. The first-order chi connectivity index (χ1) is 13.8. The normalized spacial score (nSPS) is 24.1. The van der Waals surface area contributed by atoms with Gasteiger partial charge < -0.3 is 4.90 Å². The Balaban J connectivity index is 1.80. The second-order valence-electron chi connectivity index (χ2n) is 8.69. The Kier molecular flexibility index (Phi) is 3.99. The summed E-state index contributed by atoms with van der Waals surface area (Å²) in [7, 11) is 0. The Bertz CT molecular complexity index is 1100. The molecule has 1 saturated carbocycles. The van der Waals surface area contributed by atoms with Crippen LogP contribution in [0.4, 0.5) is 24.7 Å². The maximum absolute atomic E-state index is 14.1. The smallest absolute Gasteiger partial charge is 0.322 e. The highest BCUT2D eigenvalue weighted by molar-refractivity contribution is 5.75. The summed E-state index contributed by atoms with van der Waals surface area (Å²) in [6.45, 7) is 6.09. The zero-order valence-corrected chi connectivity index (χ0v) is 16.8. The van der Waals surface area contributed by atoms with Gasteiger partial charge in [-0.05, 0) is 62.3 Å². The average molecular weight is 399 g/mol. The number of aryl methyl sites for hydroxylation is 2. The molecule has 1 aliphatic carbocycles. The van der Waals surface area contributed by atoms with Crippen LogP contribution >= 0.6 is 0 Å². The maximum atomic E-state index is 14.1. The van der Waals surface area contributed by atoms with E-state index in [2.05, 4.69) is 18.0 Å². The third kappa shape index (κ3) is 2.75. The Morgan fingerprint density at radius 2 is 1.90 bits per heavy atom. The van der Waals surface area contributed by atoms with Crippen molar-refractivity contribution in [2.24, 2.45) is 5.92 Å². The molecule has 1 aromatic carbocycles. The predicted molar refractivity (Wildman–Crippen MR) is 108 cm³/mol. The van der Waals surface area contributed by atoms with Gasteiger partial charge in [-0.15, -0.1) is 0 Å². The van der Waals surface area contributed by atoms with Crippen molar-refractivity contribution in [1.82, 2.24) is 9.38 Å². The molecule has 3 atom stereocenters. The van der Waals surface area contributed by atoms with Gasteiger partial charge in [-0.1, -0.05) is 30.7 Å². The summed E-state index contributed by atoms with van der Waals surface area (Å²) in [5.74, 6) is 0.990. The number of aromatic nitrogens is 2. The average Bonchev–Trinajstić information content (AvgIpc) is 3.18. The molecule has 0 amide bonds. The second-order valence-corrected chi connectivity index (χ2v) is 8.69. The van der Waals surface area contributed by atoms with Gasteiger partial charge in [0, 0.05) is 23.8 Å². The minimum atomic E-state index is -4.52. The highest BCUT2D eigenvalue weighted by atomic mass is 19.4. The monoisotopic (exact) mass is 399 g/mol. The molecule has 1 aliphatic heterocycles. The van der Waals surface area contributed by atoms with Gasteiger partial charge >= 0.3 is 6.18 Å². The standard InChI is InChI=1S/C23H24F3N3/c1-13-6-8-18-16(11-13)17-12-14(2)7-9-19(17)29(18)22-20(23(24,25)26)27-21-15(3)5-4-10-28(21)22/h4-6,8,10-11,14,17,19H,7,9,12H2,1-3H3. The minimum Gasteiger partial charge on any atom is -0.322 e. The van der Waals surface area contributed by atoms with Crippen LogP contribution in [0.2, 0.25) is 0 Å². The number of hydrogen-bond acceptors (Lipinski definition) is 2. The molecule has 1 fully saturated rings. The van der Waals surface area contributed by atoms with E-state index in [9.17, 15) is 13.2 Å². The van der Waals surface area contributed by atoms with Crippen LogP contribution in [0, 0.1) is 19.8 Å². The van der Waals surface area contributed by atoms with Crippen molar-refractivity contribution in [3.63, 3.8) is 0 Å². The SMILES string of the molecule is Cc1ccc2c(c1)C1CC(C)CCC1N2c1c(C(F)(F)F)nc2c(C)cccn12. The predicted octanol–water partition coefficient (Wildman–Crippen LogP) is 6.39. The van der Waals surface area contributed by atoms with Crippen LogP contribution in [0.25, 0.3) is 5.65 Å². The first-order valence-electron chi connectivity index (χ1n) is 10.2. The van der Waals surface area contributed by atoms with Crippen LogP contribution < -0.4 is 4.90 Å². The first kappa shape index (κ1) is 18.5. The highest BCUT2D eigenvalue weighted by Crippen LogP contribution is 2.54. The number of rotatable bonds is 1. The van der Waals surface area contributed by atoms with Crippen molar-refractivity contribution in [3.8, 4) is 0 Å². The fourth-order valence-corrected chi connectivity index (χ4v) is 5.26. The number of alkyl halides is 3. The van der Waals surface area contributed by atoms with Crippen molar-refractivity contribution in [2.45, 2.75) is 58.2 Å². The van der Waals surface area contributed by atoms with Crippen LogP contribution in [0.3, 0.4) is 0 Å². The maximum Gasteiger partial charge on any atom is 0.437 e. The van der Waals surface area contributed by atoms with Crippen LogP contribution in [-0.4, -0.2) is 15.4 Å². The minimum absolute atomic E-state index is 0.0320. The number of fused-ring (bicyclic) bond motifs is 4. The van der Waals surface area contributed by atoms with E-state index in [-0.39, 0.29) is 17.8 Å². The number of halogens is 3. The molecule has 3 heterocycles. The molecule has 152 valence electrons. The van der Waals surface area contributed by atoms with E-state index in [0.717, 1.165) is 36.1 Å². The largest absolute Gasteiger partial charge is 0.437 e. The Labute approximate surface area is 168 Å². The molecule has 5 rings (SSSR count). The van der Waals surface area contributed by atoms with Crippen LogP contribution in [0.5, 0.6) is 0 Å². The van der Waals surface area contributed by atoms with Gasteiger partial charge in [-0.25, -0.2) is 4.98 Å². The lowest BCUT2D eigenvalue weighted by Crippen LogP contribution is -2.36. The Hall–Kier alpha value is -2.50. The number of anilines is 2. The summed E-state index contributed by atoms with van der Waals surface area (Å²) in [5.41, 5.74) is 3.54. The van der Waals surface area contributed by atoms with Crippen LogP contribution in [-0.2, 0) is 6.18 Å². The number of hydrogen-bond donors (Lipinski definition) is 0. The number of pyridine rings is 1. The van der Waals surface area contributed by atoms with Crippen LogP contribution in [0.1, 0.15) is 54.5 Å². The molecule has 2 aliphatic rings. The molecule has 3 aromatic rings. The lowest BCUT2D eigenvalue weighted by molar-refractivity contribution is -0.140. The van der Waals surface area contributed by atoms with E-state index in [4.69, 9.17) is 0 Å². The van der Waals surface area contributed by atoms with Gasteiger partial charge in [-0.2, -0.15) is 13.2 Å². The highest BCUT2D eigenvalue weighted by Gasteiger charge is 2.47. The van der Waals surface area contributed by atoms with Gasteiger partial charge in [0.25, 0.3) is 0 Å².